The summed E-state index contributed by atoms with van der Waals surface area (Å²) in [6.07, 6.45) is 7.51. The maximum absolute atomic E-state index is 14.2. The lowest BCUT2D eigenvalue weighted by Crippen LogP contribution is -2.48. The summed E-state index contributed by atoms with van der Waals surface area (Å²) in [6.45, 7) is 4.81. The van der Waals surface area contributed by atoms with Gasteiger partial charge in [-0.1, -0.05) is 110 Å². The third-order valence-corrected chi connectivity index (χ3v) is 8.60. The Kier molecular flexibility index (Phi) is 10.8. The number of unbranched alkanes of at least 4 members (excludes halogenated alkanes) is 1. The van der Waals surface area contributed by atoms with Crippen molar-refractivity contribution in [1.29, 1.82) is 0 Å². The minimum absolute atomic E-state index is 0.0139. The van der Waals surface area contributed by atoms with Crippen LogP contribution in [-0.4, -0.2) is 30.1 Å². The zero-order valence-corrected chi connectivity index (χ0v) is 25.0. The quantitative estimate of drug-likeness (QED) is 0.182. The van der Waals surface area contributed by atoms with E-state index in [1.54, 1.807) is 0 Å². The van der Waals surface area contributed by atoms with Gasteiger partial charge in [-0.3, -0.25) is 0 Å². The summed E-state index contributed by atoms with van der Waals surface area (Å²) >= 11 is 0. The fourth-order valence-corrected chi connectivity index (χ4v) is 6.13. The summed E-state index contributed by atoms with van der Waals surface area (Å²) in [7, 11) is 0. The number of nitrogens with zero attached hydrogens (tertiary/aromatic N) is 1. The van der Waals surface area contributed by atoms with Crippen molar-refractivity contribution in [2.45, 2.75) is 64.5 Å². The van der Waals surface area contributed by atoms with Crippen molar-refractivity contribution in [2.24, 2.45) is 5.92 Å². The first-order valence-corrected chi connectivity index (χ1v) is 15.7. The van der Waals surface area contributed by atoms with Gasteiger partial charge in [0.2, 0.25) is 0 Å². The summed E-state index contributed by atoms with van der Waals surface area (Å²) in [5.74, 6) is 0.459. The monoisotopic (exact) mass is 559 g/mol. The van der Waals surface area contributed by atoms with Crippen LogP contribution in [0.25, 0.3) is 11.1 Å². The normalized spacial score (nSPS) is 14.3. The zero-order valence-electron chi connectivity index (χ0n) is 25.0. The molecule has 0 spiro atoms. The van der Waals surface area contributed by atoms with Gasteiger partial charge in [0.25, 0.3) is 0 Å². The summed E-state index contributed by atoms with van der Waals surface area (Å²) in [5, 5.41) is 6.80. The zero-order chi connectivity index (χ0) is 29.0. The van der Waals surface area contributed by atoms with Crippen molar-refractivity contribution in [3.8, 4) is 11.1 Å². The van der Waals surface area contributed by atoms with Crippen molar-refractivity contribution < 1.29 is 4.79 Å². The molecule has 0 aliphatic carbocycles. The Bertz CT molecular complexity index is 1350. The topological polar surface area (TPSA) is 44.4 Å². The molecule has 1 aliphatic heterocycles. The number of rotatable bonds is 12. The second-order valence-electron chi connectivity index (χ2n) is 11.6. The van der Waals surface area contributed by atoms with Crippen molar-refractivity contribution in [3.63, 3.8) is 0 Å². The molecule has 5 rings (SSSR count). The standard InChI is InChI=1S/C38H45N3O/c1-2-3-10-31-17-22-36(23-18-31)40-38(42)41(29-32-15-20-34(21-16-32)33-13-8-5-9-14-33)37(35-25-27-39-28-26-35)24-19-30-11-6-4-7-12-30/h4-9,11-18,20-23,35,37,39H,2-3,10,19,24-29H2,1H3,(H,40,42). The highest BCUT2D eigenvalue weighted by molar-refractivity contribution is 5.89. The van der Waals surface area contributed by atoms with Gasteiger partial charge in [-0.2, -0.15) is 0 Å². The molecule has 4 aromatic rings. The molecule has 4 heteroatoms. The van der Waals surface area contributed by atoms with Crippen LogP contribution in [0.15, 0.2) is 109 Å². The minimum atomic E-state index is -0.0139. The number of anilines is 1. The maximum atomic E-state index is 14.2. The molecule has 4 aromatic carbocycles. The van der Waals surface area contributed by atoms with Crippen LogP contribution in [0.2, 0.25) is 0 Å². The van der Waals surface area contributed by atoms with E-state index in [-0.39, 0.29) is 12.1 Å². The van der Waals surface area contributed by atoms with Gasteiger partial charge < -0.3 is 15.5 Å². The van der Waals surface area contributed by atoms with Crippen LogP contribution in [0.1, 0.15) is 55.7 Å². The summed E-state index contributed by atoms with van der Waals surface area (Å²) < 4.78 is 0. The van der Waals surface area contributed by atoms with Gasteiger partial charge in [-0.05, 0) is 97.5 Å². The molecule has 0 saturated carbocycles. The van der Waals surface area contributed by atoms with Crippen molar-refractivity contribution in [1.82, 2.24) is 10.2 Å². The molecular weight excluding hydrogens is 514 g/mol. The van der Waals surface area contributed by atoms with E-state index in [1.165, 1.54) is 35.1 Å². The van der Waals surface area contributed by atoms with E-state index in [4.69, 9.17) is 0 Å². The van der Waals surface area contributed by atoms with Gasteiger partial charge in [-0.15, -0.1) is 0 Å². The molecule has 1 unspecified atom stereocenters. The molecule has 2 N–H and O–H groups in total. The predicted octanol–water partition coefficient (Wildman–Crippen LogP) is 8.73. The number of nitrogens with one attached hydrogen (secondary N) is 2. The Hall–Kier alpha value is -3.89. The van der Waals surface area contributed by atoms with Crippen molar-refractivity contribution in [3.05, 3.63) is 126 Å². The Morgan fingerprint density at radius 2 is 1.36 bits per heavy atom. The molecule has 0 aromatic heterocycles. The number of amides is 2. The molecule has 42 heavy (non-hydrogen) atoms. The van der Waals surface area contributed by atoms with E-state index < -0.39 is 0 Å². The van der Waals surface area contributed by atoms with Gasteiger partial charge in [0.1, 0.15) is 0 Å². The first kappa shape index (κ1) is 29.6. The van der Waals surface area contributed by atoms with Crippen LogP contribution in [0.5, 0.6) is 0 Å². The highest BCUT2D eigenvalue weighted by Crippen LogP contribution is 2.28. The molecule has 218 valence electrons. The average Bonchev–Trinajstić information content (AvgIpc) is 3.05. The second kappa shape index (κ2) is 15.4. The average molecular weight is 560 g/mol. The maximum Gasteiger partial charge on any atom is 0.322 e. The molecule has 0 radical (unpaired) electrons. The number of benzene rings is 4. The lowest BCUT2D eigenvalue weighted by Gasteiger charge is -2.39. The van der Waals surface area contributed by atoms with Gasteiger partial charge in [0.05, 0.1) is 0 Å². The van der Waals surface area contributed by atoms with E-state index in [2.05, 4.69) is 126 Å². The largest absolute Gasteiger partial charge is 0.322 e. The SMILES string of the molecule is CCCCc1ccc(NC(=O)N(Cc2ccc(-c3ccccc3)cc2)C(CCc2ccccc2)C2CCNCC2)cc1. The van der Waals surface area contributed by atoms with Gasteiger partial charge in [-0.25, -0.2) is 4.79 Å². The molecule has 2 amide bonds. The molecule has 1 saturated heterocycles. The Labute approximate surface area is 252 Å². The Balaban J connectivity index is 1.40. The molecule has 1 atom stereocenters. The van der Waals surface area contributed by atoms with E-state index in [1.807, 2.05) is 6.07 Å². The summed E-state index contributed by atoms with van der Waals surface area (Å²) in [4.78, 5) is 16.3. The van der Waals surface area contributed by atoms with Crippen molar-refractivity contribution in [2.75, 3.05) is 18.4 Å². The predicted molar refractivity (Wildman–Crippen MR) is 176 cm³/mol. The van der Waals surface area contributed by atoms with Gasteiger partial charge >= 0.3 is 6.03 Å². The fourth-order valence-electron chi connectivity index (χ4n) is 6.13. The molecule has 1 aliphatic rings. The third-order valence-electron chi connectivity index (χ3n) is 8.60. The highest BCUT2D eigenvalue weighted by atomic mass is 16.2. The van der Waals surface area contributed by atoms with Crippen LogP contribution < -0.4 is 10.6 Å². The van der Waals surface area contributed by atoms with E-state index in [0.29, 0.717) is 12.5 Å². The molecule has 1 fully saturated rings. The number of piperidine rings is 1. The Morgan fingerprint density at radius 3 is 2.02 bits per heavy atom. The van der Waals surface area contributed by atoms with E-state index in [0.717, 1.165) is 56.4 Å². The highest BCUT2D eigenvalue weighted by Gasteiger charge is 2.32. The van der Waals surface area contributed by atoms with Crippen LogP contribution in [-0.2, 0) is 19.4 Å². The number of aryl methyl sites for hydroxylation is 2. The van der Waals surface area contributed by atoms with Gasteiger partial charge in [0.15, 0.2) is 0 Å². The number of carbonyl (C=O) groups is 1. The first-order valence-electron chi connectivity index (χ1n) is 15.7. The summed E-state index contributed by atoms with van der Waals surface area (Å²) in [5.41, 5.74) is 7.05. The number of hydrogen-bond acceptors (Lipinski definition) is 2. The van der Waals surface area contributed by atoms with Crippen LogP contribution in [0, 0.1) is 5.92 Å². The van der Waals surface area contributed by atoms with Crippen LogP contribution >= 0.6 is 0 Å². The third kappa shape index (κ3) is 8.33. The minimum Gasteiger partial charge on any atom is -0.317 e. The molecule has 0 bridgehead atoms. The first-order chi connectivity index (χ1) is 20.7. The second-order valence-corrected chi connectivity index (χ2v) is 11.6. The van der Waals surface area contributed by atoms with Crippen molar-refractivity contribution >= 4 is 11.7 Å². The number of hydrogen-bond donors (Lipinski definition) is 2. The lowest BCUT2D eigenvalue weighted by molar-refractivity contribution is 0.131. The van der Waals surface area contributed by atoms with Crippen LogP contribution in [0.4, 0.5) is 10.5 Å². The van der Waals surface area contributed by atoms with Gasteiger partial charge in [0, 0.05) is 18.3 Å². The summed E-state index contributed by atoms with van der Waals surface area (Å²) in [6, 6.07) is 38.4. The smallest absolute Gasteiger partial charge is 0.317 e. The van der Waals surface area contributed by atoms with Crippen LogP contribution in [0.3, 0.4) is 0 Å². The van der Waals surface area contributed by atoms with E-state index >= 15 is 0 Å². The fraction of sp³-hybridized carbons (Fsp3) is 0.342. The molecule has 4 nitrogen and oxygen atoms in total. The Morgan fingerprint density at radius 1 is 0.762 bits per heavy atom. The number of urea groups is 1. The number of carbonyl (C=O) groups excluding carboxylic acids is 1. The molecule has 1 heterocycles. The lowest BCUT2D eigenvalue weighted by atomic mass is 9.85. The molecular formula is C38H45N3O. The van der Waals surface area contributed by atoms with E-state index in [9.17, 15) is 4.79 Å².